The first-order valence-electron chi connectivity index (χ1n) is 9.77. The van der Waals surface area contributed by atoms with Crippen LogP contribution in [0.2, 0.25) is 5.02 Å². The van der Waals surface area contributed by atoms with Crippen LogP contribution in [0, 0.1) is 0 Å². The summed E-state index contributed by atoms with van der Waals surface area (Å²) in [6.45, 7) is 0. The van der Waals surface area contributed by atoms with Crippen molar-refractivity contribution in [3.05, 3.63) is 67.9 Å². The molecule has 33 heavy (non-hydrogen) atoms. The minimum absolute atomic E-state index is 0.128. The van der Waals surface area contributed by atoms with E-state index in [-0.39, 0.29) is 29.1 Å². The Hall–Kier alpha value is -3.80. The molecule has 0 aliphatic heterocycles. The maximum Gasteiger partial charge on any atom is 0.417 e. The van der Waals surface area contributed by atoms with E-state index in [0.717, 1.165) is 25.0 Å². The predicted octanol–water partition coefficient (Wildman–Crippen LogP) is 2.48. The zero-order valence-corrected chi connectivity index (χ0v) is 17.4. The summed E-state index contributed by atoms with van der Waals surface area (Å²) in [5.74, 6) is -0.114. The van der Waals surface area contributed by atoms with Crippen LogP contribution in [-0.4, -0.2) is 35.7 Å². The average Bonchev–Trinajstić information content (AvgIpc) is 3.37. The van der Waals surface area contributed by atoms with E-state index in [1.165, 1.54) is 22.9 Å². The Morgan fingerprint density at radius 3 is 2.73 bits per heavy atom. The highest BCUT2D eigenvalue weighted by Crippen LogP contribution is 2.36. The van der Waals surface area contributed by atoms with Gasteiger partial charge in [-0.2, -0.15) is 22.8 Å². The van der Waals surface area contributed by atoms with Gasteiger partial charge in [-0.3, -0.25) is 9.98 Å². The van der Waals surface area contributed by atoms with Crippen molar-refractivity contribution in [3.63, 3.8) is 0 Å². The first kappa shape index (κ1) is 21.1. The van der Waals surface area contributed by atoms with Gasteiger partial charge in [-0.1, -0.05) is 11.6 Å². The number of imidazole rings is 1. The second kappa shape index (κ2) is 7.66. The number of rotatable bonds is 4. The molecule has 4 aromatic rings. The fourth-order valence-corrected chi connectivity index (χ4v) is 3.45. The zero-order valence-electron chi connectivity index (χ0n) is 16.6. The van der Waals surface area contributed by atoms with Gasteiger partial charge in [0.1, 0.15) is 11.5 Å². The Kier molecular flexibility index (Phi) is 4.89. The molecule has 0 atom stereocenters. The second-order valence-corrected chi connectivity index (χ2v) is 7.91. The molecule has 0 spiro atoms. The Balaban J connectivity index is 1.64. The fraction of sp³-hybridized carbons (Fsp3) is 0.200. The van der Waals surface area contributed by atoms with Crippen molar-refractivity contribution in [1.29, 1.82) is 0 Å². The molecule has 1 aliphatic rings. The highest BCUT2D eigenvalue weighted by molar-refractivity contribution is 6.31. The van der Waals surface area contributed by atoms with E-state index in [1.807, 2.05) is 0 Å². The fourth-order valence-electron chi connectivity index (χ4n) is 3.23. The van der Waals surface area contributed by atoms with Gasteiger partial charge in [0.05, 0.1) is 22.8 Å². The molecule has 1 aromatic carbocycles. The predicted molar refractivity (Wildman–Crippen MR) is 113 cm³/mol. The van der Waals surface area contributed by atoms with Crippen molar-refractivity contribution in [2.24, 2.45) is 4.99 Å². The molecule has 0 saturated heterocycles. The van der Waals surface area contributed by atoms with E-state index in [2.05, 4.69) is 30.4 Å². The summed E-state index contributed by atoms with van der Waals surface area (Å²) in [6.07, 6.45) is 0.195. The topological polar surface area (TPSA) is 123 Å². The molecule has 170 valence electrons. The lowest BCUT2D eigenvalue weighted by molar-refractivity contribution is -0.137. The molecule has 4 N–H and O–H groups in total. The normalized spacial score (nSPS) is 15.5. The van der Waals surface area contributed by atoms with Crippen molar-refractivity contribution in [3.8, 4) is 5.88 Å². The summed E-state index contributed by atoms with van der Waals surface area (Å²) in [5.41, 5.74) is -0.504. The third-order valence-electron chi connectivity index (χ3n) is 4.92. The molecule has 0 radical (unpaired) electrons. The molecule has 9 nitrogen and oxygen atoms in total. The first-order chi connectivity index (χ1) is 15.7. The number of nitrogens with zero attached hydrogens (tertiary/aromatic N) is 4. The van der Waals surface area contributed by atoms with Crippen molar-refractivity contribution in [2.75, 3.05) is 5.32 Å². The maximum absolute atomic E-state index is 13.2. The summed E-state index contributed by atoms with van der Waals surface area (Å²) in [7, 11) is 0. The molecule has 0 unspecified atom stereocenters. The summed E-state index contributed by atoms with van der Waals surface area (Å²) in [6, 6.07) is 5.19. The van der Waals surface area contributed by atoms with E-state index in [0.29, 0.717) is 16.4 Å². The number of H-pyrrole nitrogens is 2. The Labute approximate surface area is 187 Å². The minimum Gasteiger partial charge on any atom is -0.493 e. The summed E-state index contributed by atoms with van der Waals surface area (Å²) >= 11 is 5.71. The number of fused-ring (bicyclic) bond motifs is 1. The molecule has 1 aliphatic carbocycles. The van der Waals surface area contributed by atoms with E-state index in [9.17, 15) is 23.1 Å². The largest absolute Gasteiger partial charge is 0.493 e. The van der Waals surface area contributed by atoms with Crippen LogP contribution in [0.15, 0.2) is 40.2 Å². The maximum atomic E-state index is 13.2. The number of aromatic nitrogens is 5. The van der Waals surface area contributed by atoms with Crippen molar-refractivity contribution >= 4 is 34.8 Å². The third-order valence-corrected chi connectivity index (χ3v) is 5.25. The molecule has 3 aromatic heterocycles. The van der Waals surface area contributed by atoms with Crippen LogP contribution in [0.5, 0.6) is 5.88 Å². The Morgan fingerprint density at radius 1 is 1.27 bits per heavy atom. The van der Waals surface area contributed by atoms with Crippen LogP contribution in [0.3, 0.4) is 0 Å². The summed E-state index contributed by atoms with van der Waals surface area (Å²) < 4.78 is 41.2. The molecular weight excluding hydrogens is 463 g/mol. The molecular formula is C20H15ClF3N7O2. The van der Waals surface area contributed by atoms with Crippen LogP contribution < -0.4 is 21.7 Å². The zero-order chi connectivity index (χ0) is 23.3. The lowest BCUT2D eigenvalue weighted by Gasteiger charge is -2.12. The number of alkyl halides is 3. The Bertz CT molecular complexity index is 1550. The lowest BCUT2D eigenvalue weighted by atomic mass is 10.2. The van der Waals surface area contributed by atoms with Gasteiger partial charge in [0, 0.05) is 17.0 Å². The van der Waals surface area contributed by atoms with Gasteiger partial charge in [0.2, 0.25) is 5.88 Å². The van der Waals surface area contributed by atoms with Gasteiger partial charge in [-0.25, -0.2) is 9.78 Å². The number of hydrogen-bond acceptors (Lipinski definition) is 6. The molecule has 3 heterocycles. The van der Waals surface area contributed by atoms with E-state index >= 15 is 0 Å². The minimum atomic E-state index is -4.61. The number of nitrogens with one attached hydrogen (secondary N) is 3. The molecule has 5 rings (SSSR count). The number of benzene rings is 1. The van der Waals surface area contributed by atoms with Crippen molar-refractivity contribution in [1.82, 2.24) is 24.6 Å². The van der Waals surface area contributed by atoms with Crippen molar-refractivity contribution in [2.45, 2.75) is 25.1 Å². The molecule has 1 saturated carbocycles. The van der Waals surface area contributed by atoms with Gasteiger partial charge < -0.3 is 15.4 Å². The number of anilines is 2. The number of aromatic hydroxyl groups is 1. The van der Waals surface area contributed by atoms with Crippen LogP contribution >= 0.6 is 11.6 Å². The SMILES string of the molecule is O=c1[nH]c(O)c(/C=c2/cnn3c(=NC4CC4)cc(Nc4ccc(Cl)c(C(F)(F)F)c4)nc23)[nH]1. The molecule has 0 amide bonds. The standard InChI is InChI=1S/C20H15ClF3N7O2/c21-13-4-3-11(6-12(13)20(22,23)24)26-15-7-16(27-10-1-2-10)31-17(29-15)9(8-25-31)5-14-18(32)30-19(33)28-14/h3-8,10,26,32H,1-2H2,(H2,28,30,33)/b9-5-,27-16?. The smallest absolute Gasteiger partial charge is 0.417 e. The average molecular weight is 478 g/mol. The van der Waals surface area contributed by atoms with Crippen LogP contribution in [0.25, 0.3) is 11.7 Å². The molecule has 13 heteroatoms. The quantitative estimate of drug-likeness (QED) is 0.359. The summed E-state index contributed by atoms with van der Waals surface area (Å²) in [4.78, 5) is 25.2. The van der Waals surface area contributed by atoms with Crippen LogP contribution in [0.1, 0.15) is 24.1 Å². The van der Waals surface area contributed by atoms with Gasteiger partial charge in [-0.15, -0.1) is 0 Å². The van der Waals surface area contributed by atoms with Crippen LogP contribution in [0.4, 0.5) is 24.7 Å². The third kappa shape index (κ3) is 4.29. The first-order valence-corrected chi connectivity index (χ1v) is 10.1. The number of aromatic amines is 2. The van der Waals surface area contributed by atoms with Crippen molar-refractivity contribution < 1.29 is 18.3 Å². The molecule has 0 bridgehead atoms. The lowest BCUT2D eigenvalue weighted by Crippen LogP contribution is -2.20. The highest BCUT2D eigenvalue weighted by atomic mass is 35.5. The van der Waals surface area contributed by atoms with Crippen LogP contribution in [-0.2, 0) is 6.18 Å². The number of hydrogen-bond donors (Lipinski definition) is 4. The van der Waals surface area contributed by atoms with E-state index in [1.54, 1.807) is 6.07 Å². The number of halogens is 4. The summed E-state index contributed by atoms with van der Waals surface area (Å²) in [5, 5.41) is 17.0. The van der Waals surface area contributed by atoms with E-state index < -0.39 is 22.5 Å². The second-order valence-electron chi connectivity index (χ2n) is 7.50. The van der Waals surface area contributed by atoms with Gasteiger partial charge in [-0.05, 0) is 37.1 Å². The van der Waals surface area contributed by atoms with Gasteiger partial charge in [0.25, 0.3) is 0 Å². The van der Waals surface area contributed by atoms with E-state index in [4.69, 9.17) is 11.6 Å². The highest BCUT2D eigenvalue weighted by Gasteiger charge is 2.33. The Morgan fingerprint density at radius 2 is 2.06 bits per heavy atom. The molecule has 1 fully saturated rings. The van der Waals surface area contributed by atoms with Gasteiger partial charge >= 0.3 is 11.9 Å². The van der Waals surface area contributed by atoms with Gasteiger partial charge in [0.15, 0.2) is 11.1 Å². The monoisotopic (exact) mass is 477 g/mol.